The molecule has 0 atom stereocenters. The average Bonchev–Trinajstić information content (AvgIpc) is 2.76. The van der Waals surface area contributed by atoms with Gasteiger partial charge in [0.2, 0.25) is 0 Å². The molecule has 4 nitrogen and oxygen atoms in total. The molecule has 0 saturated carbocycles. The molecule has 1 aromatic carbocycles. The Morgan fingerprint density at radius 3 is 1.43 bits per heavy atom. The van der Waals surface area contributed by atoms with Crippen LogP contribution < -0.4 is 10.6 Å². The number of rotatable bonds is 10. The Bertz CT molecular complexity index is 810. The number of hydrogen-bond acceptors (Lipinski definition) is 4. The first-order chi connectivity index (χ1) is 13.7. The van der Waals surface area contributed by atoms with E-state index in [4.69, 9.17) is 0 Å². The highest BCUT2D eigenvalue weighted by atomic mass is 14.9. The van der Waals surface area contributed by atoms with E-state index in [2.05, 4.69) is 58.0 Å². The van der Waals surface area contributed by atoms with Crippen molar-refractivity contribution < 1.29 is 0 Å². The molecule has 0 aliphatic carbocycles. The Hall–Kier alpha value is -3.40. The van der Waals surface area contributed by atoms with Crippen molar-refractivity contribution in [3.63, 3.8) is 0 Å². The molecule has 0 amide bonds. The molecule has 0 bridgehead atoms. The molecule has 0 fully saturated rings. The zero-order chi connectivity index (χ0) is 19.6. The van der Waals surface area contributed by atoms with Crippen molar-refractivity contribution in [2.24, 2.45) is 0 Å². The minimum absolute atomic E-state index is 0.834. The molecule has 0 radical (unpaired) electrons. The summed E-state index contributed by atoms with van der Waals surface area (Å²) in [6.07, 6.45) is 5.45. The lowest BCUT2D eigenvalue weighted by atomic mass is 10.1. The normalized spacial score (nSPS) is 10.3. The standard InChI is InChI=1S/C24H26N4/c1-19(23-7-3-5-15-27-23)25-17-13-21-9-11-22(12-10-21)14-18-26-20(2)24-8-4-6-16-28-24/h3-12,15-16,25-26H,1-2,13-14,17-18H2. The molecule has 0 saturated heterocycles. The quantitative estimate of drug-likeness (QED) is 0.565. The molecular formula is C24H26N4. The van der Waals surface area contributed by atoms with Crippen LogP contribution in [0.3, 0.4) is 0 Å². The molecule has 2 N–H and O–H groups in total. The lowest BCUT2D eigenvalue weighted by Gasteiger charge is -2.10. The fraction of sp³-hybridized carbons (Fsp3) is 0.167. The highest BCUT2D eigenvalue weighted by Gasteiger charge is 2.01. The molecular weight excluding hydrogens is 344 g/mol. The summed E-state index contributed by atoms with van der Waals surface area (Å²) in [7, 11) is 0. The first-order valence-electron chi connectivity index (χ1n) is 9.48. The second-order valence-electron chi connectivity index (χ2n) is 6.56. The minimum atomic E-state index is 0.834. The Balaban J connectivity index is 1.39. The van der Waals surface area contributed by atoms with Crippen molar-refractivity contribution in [3.05, 3.63) is 109 Å². The van der Waals surface area contributed by atoms with E-state index in [0.29, 0.717) is 0 Å². The molecule has 4 heteroatoms. The lowest BCUT2D eigenvalue weighted by molar-refractivity contribution is 0.834. The van der Waals surface area contributed by atoms with Gasteiger partial charge in [0.1, 0.15) is 0 Å². The second kappa shape index (κ2) is 10.1. The van der Waals surface area contributed by atoms with Gasteiger partial charge in [-0.3, -0.25) is 9.97 Å². The highest BCUT2D eigenvalue weighted by Crippen LogP contribution is 2.09. The summed E-state index contributed by atoms with van der Waals surface area (Å²) >= 11 is 0. The number of aromatic nitrogens is 2. The van der Waals surface area contributed by atoms with Crippen LogP contribution in [0.4, 0.5) is 0 Å². The SMILES string of the molecule is C=C(NCCc1ccc(CCNC(=C)c2ccccn2)cc1)c1ccccn1. The van der Waals surface area contributed by atoms with E-state index in [1.54, 1.807) is 12.4 Å². The summed E-state index contributed by atoms with van der Waals surface area (Å²) in [5, 5.41) is 6.68. The van der Waals surface area contributed by atoms with E-state index >= 15 is 0 Å². The molecule has 142 valence electrons. The van der Waals surface area contributed by atoms with Crippen molar-refractivity contribution >= 4 is 11.4 Å². The van der Waals surface area contributed by atoms with E-state index < -0.39 is 0 Å². The molecule has 2 aromatic heterocycles. The number of nitrogens with one attached hydrogen (secondary N) is 2. The van der Waals surface area contributed by atoms with Gasteiger partial charge in [-0.05, 0) is 48.2 Å². The maximum Gasteiger partial charge on any atom is 0.0854 e. The van der Waals surface area contributed by atoms with E-state index in [1.807, 2.05) is 36.4 Å². The third-order valence-corrected chi connectivity index (χ3v) is 4.48. The van der Waals surface area contributed by atoms with E-state index in [1.165, 1.54) is 11.1 Å². The highest BCUT2D eigenvalue weighted by molar-refractivity contribution is 5.58. The fourth-order valence-corrected chi connectivity index (χ4v) is 2.85. The Morgan fingerprint density at radius 1 is 0.643 bits per heavy atom. The first-order valence-corrected chi connectivity index (χ1v) is 9.48. The Labute approximate surface area is 167 Å². The monoisotopic (exact) mass is 370 g/mol. The number of benzene rings is 1. The van der Waals surface area contributed by atoms with Crippen LogP contribution in [0.25, 0.3) is 11.4 Å². The first kappa shape index (κ1) is 19.4. The van der Waals surface area contributed by atoms with Gasteiger partial charge in [0, 0.05) is 25.5 Å². The third-order valence-electron chi connectivity index (χ3n) is 4.48. The molecule has 28 heavy (non-hydrogen) atoms. The van der Waals surface area contributed by atoms with Crippen LogP contribution in [-0.4, -0.2) is 23.1 Å². The van der Waals surface area contributed by atoms with Crippen molar-refractivity contribution in [2.75, 3.05) is 13.1 Å². The molecule has 0 unspecified atom stereocenters. The van der Waals surface area contributed by atoms with Gasteiger partial charge in [-0.1, -0.05) is 49.6 Å². The van der Waals surface area contributed by atoms with Crippen molar-refractivity contribution in [2.45, 2.75) is 12.8 Å². The average molecular weight is 370 g/mol. The summed E-state index contributed by atoms with van der Waals surface area (Å²) in [4.78, 5) is 8.60. The van der Waals surface area contributed by atoms with Crippen LogP contribution in [0.5, 0.6) is 0 Å². The van der Waals surface area contributed by atoms with Crippen LogP contribution >= 0.6 is 0 Å². The van der Waals surface area contributed by atoms with E-state index in [-0.39, 0.29) is 0 Å². The Morgan fingerprint density at radius 2 is 1.07 bits per heavy atom. The zero-order valence-corrected chi connectivity index (χ0v) is 16.1. The predicted molar refractivity (Wildman–Crippen MR) is 116 cm³/mol. The summed E-state index contributed by atoms with van der Waals surface area (Å²) in [6.45, 7) is 9.76. The van der Waals surface area contributed by atoms with Gasteiger partial charge in [0.05, 0.1) is 22.8 Å². The van der Waals surface area contributed by atoms with Gasteiger partial charge in [-0.15, -0.1) is 0 Å². The van der Waals surface area contributed by atoms with Crippen LogP contribution in [-0.2, 0) is 12.8 Å². The fourth-order valence-electron chi connectivity index (χ4n) is 2.85. The largest absolute Gasteiger partial charge is 0.383 e. The van der Waals surface area contributed by atoms with Crippen molar-refractivity contribution in [3.8, 4) is 0 Å². The van der Waals surface area contributed by atoms with Gasteiger partial charge >= 0.3 is 0 Å². The third kappa shape index (κ3) is 5.81. The molecule has 3 aromatic rings. The maximum atomic E-state index is 4.30. The maximum absolute atomic E-state index is 4.30. The van der Waals surface area contributed by atoms with Crippen LogP contribution in [0.15, 0.2) is 86.2 Å². The van der Waals surface area contributed by atoms with Crippen LogP contribution in [0, 0.1) is 0 Å². The van der Waals surface area contributed by atoms with Crippen LogP contribution in [0.2, 0.25) is 0 Å². The molecule has 0 aliphatic heterocycles. The number of hydrogen-bond donors (Lipinski definition) is 2. The smallest absolute Gasteiger partial charge is 0.0854 e. The van der Waals surface area contributed by atoms with Gasteiger partial charge in [0.25, 0.3) is 0 Å². The number of pyridine rings is 2. The van der Waals surface area contributed by atoms with E-state index in [9.17, 15) is 0 Å². The Kier molecular flexibility index (Phi) is 6.96. The van der Waals surface area contributed by atoms with E-state index in [0.717, 1.165) is 48.7 Å². The van der Waals surface area contributed by atoms with Gasteiger partial charge in [0.15, 0.2) is 0 Å². The van der Waals surface area contributed by atoms with Gasteiger partial charge in [-0.2, -0.15) is 0 Å². The topological polar surface area (TPSA) is 49.8 Å². The van der Waals surface area contributed by atoms with Crippen molar-refractivity contribution in [1.29, 1.82) is 0 Å². The van der Waals surface area contributed by atoms with Gasteiger partial charge in [-0.25, -0.2) is 0 Å². The molecule has 0 spiro atoms. The lowest BCUT2D eigenvalue weighted by Crippen LogP contribution is -2.16. The second-order valence-corrected chi connectivity index (χ2v) is 6.56. The zero-order valence-electron chi connectivity index (χ0n) is 16.1. The van der Waals surface area contributed by atoms with Crippen LogP contribution in [0.1, 0.15) is 22.5 Å². The van der Waals surface area contributed by atoms with Crippen molar-refractivity contribution in [1.82, 2.24) is 20.6 Å². The summed E-state index contributed by atoms with van der Waals surface area (Å²) < 4.78 is 0. The molecule has 2 heterocycles. The summed E-state index contributed by atoms with van der Waals surface area (Å²) in [5.41, 5.74) is 6.09. The molecule has 0 aliphatic rings. The summed E-state index contributed by atoms with van der Waals surface area (Å²) in [5.74, 6) is 0. The minimum Gasteiger partial charge on any atom is -0.383 e. The summed E-state index contributed by atoms with van der Waals surface area (Å²) in [6, 6.07) is 20.4. The van der Waals surface area contributed by atoms with Gasteiger partial charge < -0.3 is 10.6 Å². The molecule has 3 rings (SSSR count). The number of nitrogens with zero attached hydrogens (tertiary/aromatic N) is 2. The predicted octanol–water partition coefficient (Wildman–Crippen LogP) is 4.08.